The number of amides is 1. The molecule has 6 heteroatoms. The molecule has 23 heavy (non-hydrogen) atoms. The second-order valence-electron chi connectivity index (χ2n) is 5.19. The van der Waals surface area contributed by atoms with E-state index in [9.17, 15) is 9.59 Å². The minimum absolute atomic E-state index is 0.222. The average molecular weight is 352 g/mol. The maximum absolute atomic E-state index is 12.3. The molecule has 0 aliphatic carbocycles. The maximum Gasteiger partial charge on any atom is 0.306 e. The van der Waals surface area contributed by atoms with Crippen molar-refractivity contribution in [1.29, 1.82) is 0 Å². The van der Waals surface area contributed by atoms with E-state index in [-0.39, 0.29) is 15.6 Å². The second-order valence-corrected chi connectivity index (χ2v) is 6.01. The molecule has 2 N–H and O–H groups in total. The van der Waals surface area contributed by atoms with Crippen LogP contribution in [-0.2, 0) is 11.2 Å². The predicted molar refractivity (Wildman–Crippen MR) is 91.4 cm³/mol. The van der Waals surface area contributed by atoms with Gasteiger partial charge in [-0.15, -0.1) is 0 Å². The van der Waals surface area contributed by atoms with Crippen molar-refractivity contribution in [3.63, 3.8) is 0 Å². The molecule has 0 aliphatic rings. The fraction of sp³-hybridized carbons (Fsp3) is 0.176. The summed E-state index contributed by atoms with van der Waals surface area (Å²) in [5, 5.41) is 12.2. The van der Waals surface area contributed by atoms with Crippen LogP contribution in [-0.4, -0.2) is 17.0 Å². The van der Waals surface area contributed by atoms with Crippen LogP contribution < -0.4 is 5.32 Å². The summed E-state index contributed by atoms with van der Waals surface area (Å²) in [5.74, 6) is -1.69. The minimum atomic E-state index is -0.837. The van der Waals surface area contributed by atoms with Gasteiger partial charge in [0.05, 0.1) is 21.5 Å². The minimum Gasteiger partial charge on any atom is -0.481 e. The van der Waals surface area contributed by atoms with Crippen LogP contribution in [0.2, 0.25) is 10.0 Å². The highest BCUT2D eigenvalue weighted by molar-refractivity contribution is 6.40. The van der Waals surface area contributed by atoms with Crippen LogP contribution in [0.1, 0.15) is 22.8 Å². The number of carboxylic acids is 1. The van der Waals surface area contributed by atoms with Gasteiger partial charge < -0.3 is 10.4 Å². The number of rotatable bonds is 5. The van der Waals surface area contributed by atoms with Crippen LogP contribution in [0.4, 0.5) is 5.69 Å². The number of carbonyl (C=O) groups excluding carboxylic acids is 1. The Bertz CT molecular complexity index is 709. The lowest BCUT2D eigenvalue weighted by Crippen LogP contribution is -2.14. The lowest BCUT2D eigenvalue weighted by molar-refractivity contribution is -0.141. The van der Waals surface area contributed by atoms with Crippen molar-refractivity contribution in [1.82, 2.24) is 0 Å². The largest absolute Gasteiger partial charge is 0.481 e. The van der Waals surface area contributed by atoms with Crippen LogP contribution in [0, 0.1) is 5.92 Å². The summed E-state index contributed by atoms with van der Waals surface area (Å²) >= 11 is 12.0. The van der Waals surface area contributed by atoms with E-state index in [2.05, 4.69) is 5.32 Å². The Morgan fingerprint density at radius 1 is 1.09 bits per heavy atom. The number of carbonyl (C=O) groups is 2. The first-order valence-electron chi connectivity index (χ1n) is 6.95. The van der Waals surface area contributed by atoms with Crippen molar-refractivity contribution in [3.8, 4) is 0 Å². The molecular weight excluding hydrogens is 337 g/mol. The first-order chi connectivity index (χ1) is 10.9. The lowest BCUT2D eigenvalue weighted by Gasteiger charge is -2.10. The van der Waals surface area contributed by atoms with E-state index >= 15 is 0 Å². The zero-order valence-corrected chi connectivity index (χ0v) is 13.9. The quantitative estimate of drug-likeness (QED) is 0.832. The van der Waals surface area contributed by atoms with E-state index in [4.69, 9.17) is 28.3 Å². The fourth-order valence-corrected chi connectivity index (χ4v) is 2.64. The summed E-state index contributed by atoms with van der Waals surface area (Å²) in [6.07, 6.45) is 0.430. The Kier molecular flexibility index (Phi) is 5.64. The SMILES string of the molecule is CC(Cc1ccc(NC(=O)c2c(Cl)cccc2Cl)cc1)C(=O)O. The number of anilines is 1. The van der Waals surface area contributed by atoms with Gasteiger partial charge in [-0.3, -0.25) is 9.59 Å². The monoisotopic (exact) mass is 351 g/mol. The molecule has 2 aromatic carbocycles. The number of hydrogen-bond donors (Lipinski definition) is 2. The number of carboxylic acid groups (broad SMARTS) is 1. The second kappa shape index (κ2) is 7.49. The van der Waals surface area contributed by atoms with Gasteiger partial charge in [0.15, 0.2) is 0 Å². The summed E-state index contributed by atoms with van der Waals surface area (Å²) in [6.45, 7) is 1.65. The van der Waals surface area contributed by atoms with Crippen molar-refractivity contribution in [3.05, 3.63) is 63.6 Å². The molecule has 2 aromatic rings. The number of nitrogens with one attached hydrogen (secondary N) is 1. The molecule has 0 aromatic heterocycles. The molecule has 0 saturated carbocycles. The van der Waals surface area contributed by atoms with Gasteiger partial charge in [-0.2, -0.15) is 0 Å². The highest BCUT2D eigenvalue weighted by Crippen LogP contribution is 2.25. The number of halogens is 2. The lowest BCUT2D eigenvalue weighted by atomic mass is 10.0. The molecular formula is C17H15Cl2NO3. The summed E-state index contributed by atoms with van der Waals surface area (Å²) in [4.78, 5) is 23.1. The van der Waals surface area contributed by atoms with Gasteiger partial charge in [0, 0.05) is 5.69 Å². The Morgan fingerprint density at radius 3 is 2.17 bits per heavy atom. The first kappa shape index (κ1) is 17.3. The highest BCUT2D eigenvalue weighted by Gasteiger charge is 2.15. The smallest absolute Gasteiger partial charge is 0.306 e. The van der Waals surface area contributed by atoms with Crippen molar-refractivity contribution in [2.24, 2.45) is 5.92 Å². The number of hydrogen-bond acceptors (Lipinski definition) is 2. The van der Waals surface area contributed by atoms with Crippen LogP contribution in [0.5, 0.6) is 0 Å². The molecule has 0 aliphatic heterocycles. The van der Waals surface area contributed by atoms with E-state index in [1.165, 1.54) is 0 Å². The highest BCUT2D eigenvalue weighted by atomic mass is 35.5. The van der Waals surface area contributed by atoms with Crippen molar-refractivity contribution < 1.29 is 14.7 Å². The molecule has 0 radical (unpaired) electrons. The van der Waals surface area contributed by atoms with E-state index in [0.717, 1.165) is 5.56 Å². The molecule has 0 spiro atoms. The Labute approximate surface area is 144 Å². The van der Waals surface area contributed by atoms with Crippen LogP contribution >= 0.6 is 23.2 Å². The molecule has 1 unspecified atom stereocenters. The van der Waals surface area contributed by atoms with Gasteiger partial charge in [0.2, 0.25) is 0 Å². The van der Waals surface area contributed by atoms with Crippen LogP contribution in [0.15, 0.2) is 42.5 Å². The summed E-state index contributed by atoms with van der Waals surface area (Å²) in [6, 6.07) is 11.9. The average Bonchev–Trinajstić information content (AvgIpc) is 2.49. The van der Waals surface area contributed by atoms with Crippen LogP contribution in [0.25, 0.3) is 0 Å². The van der Waals surface area contributed by atoms with E-state index in [1.807, 2.05) is 0 Å². The molecule has 2 rings (SSSR count). The fourth-order valence-electron chi connectivity index (χ4n) is 2.07. The first-order valence-corrected chi connectivity index (χ1v) is 7.71. The van der Waals surface area contributed by atoms with Crippen molar-refractivity contribution in [2.45, 2.75) is 13.3 Å². The Balaban J connectivity index is 2.09. The predicted octanol–water partition coefficient (Wildman–Crippen LogP) is 4.51. The molecule has 0 fully saturated rings. The molecule has 120 valence electrons. The molecule has 0 bridgehead atoms. The summed E-state index contributed by atoms with van der Waals surface area (Å²) in [7, 11) is 0. The number of benzene rings is 2. The molecule has 4 nitrogen and oxygen atoms in total. The van der Waals surface area contributed by atoms with Gasteiger partial charge >= 0.3 is 5.97 Å². The van der Waals surface area contributed by atoms with Gasteiger partial charge in [-0.1, -0.05) is 48.3 Å². The van der Waals surface area contributed by atoms with Gasteiger partial charge in [-0.25, -0.2) is 0 Å². The summed E-state index contributed by atoms with van der Waals surface area (Å²) in [5.41, 5.74) is 1.69. The Morgan fingerprint density at radius 2 is 1.65 bits per heavy atom. The maximum atomic E-state index is 12.3. The Hall–Kier alpha value is -2.04. The van der Waals surface area contributed by atoms with Crippen molar-refractivity contribution >= 4 is 40.8 Å². The van der Waals surface area contributed by atoms with Gasteiger partial charge in [-0.05, 0) is 36.2 Å². The standard InChI is InChI=1S/C17H15Cl2NO3/c1-10(17(22)23)9-11-5-7-12(8-6-11)20-16(21)15-13(18)3-2-4-14(15)19/h2-8,10H,9H2,1H3,(H,20,21)(H,22,23). The normalized spacial score (nSPS) is 11.8. The van der Waals surface area contributed by atoms with E-state index < -0.39 is 17.8 Å². The zero-order chi connectivity index (χ0) is 17.0. The van der Waals surface area contributed by atoms with E-state index in [0.29, 0.717) is 12.1 Å². The van der Waals surface area contributed by atoms with Crippen molar-refractivity contribution in [2.75, 3.05) is 5.32 Å². The molecule has 1 atom stereocenters. The number of aliphatic carboxylic acids is 1. The third-order valence-electron chi connectivity index (χ3n) is 3.37. The zero-order valence-electron chi connectivity index (χ0n) is 12.3. The molecule has 0 heterocycles. The topological polar surface area (TPSA) is 66.4 Å². The van der Waals surface area contributed by atoms with Gasteiger partial charge in [0.1, 0.15) is 0 Å². The molecule has 0 saturated heterocycles. The van der Waals surface area contributed by atoms with Gasteiger partial charge in [0.25, 0.3) is 5.91 Å². The van der Waals surface area contributed by atoms with Crippen LogP contribution in [0.3, 0.4) is 0 Å². The third-order valence-corrected chi connectivity index (χ3v) is 4.00. The summed E-state index contributed by atoms with van der Waals surface area (Å²) < 4.78 is 0. The third kappa shape index (κ3) is 4.47. The molecule has 1 amide bonds. The van der Waals surface area contributed by atoms with E-state index in [1.54, 1.807) is 49.4 Å².